The van der Waals surface area contributed by atoms with Gasteiger partial charge in [0.05, 0.1) is 5.60 Å². The molecule has 18 heavy (non-hydrogen) atoms. The topological polar surface area (TPSA) is 41.5 Å². The Balaban J connectivity index is 2.46. The third-order valence-electron chi connectivity index (χ3n) is 2.37. The SMILES string of the molecule is CC(C)CNCc1cccc(OCC(C)(C)O)c1. The zero-order valence-corrected chi connectivity index (χ0v) is 11.9. The summed E-state index contributed by atoms with van der Waals surface area (Å²) in [5.74, 6) is 1.46. The number of aliphatic hydroxyl groups is 1. The zero-order chi connectivity index (χ0) is 13.6. The minimum atomic E-state index is -0.800. The van der Waals surface area contributed by atoms with Crippen molar-refractivity contribution in [2.24, 2.45) is 5.92 Å². The van der Waals surface area contributed by atoms with Crippen molar-refractivity contribution in [1.82, 2.24) is 5.32 Å². The predicted molar refractivity (Wildman–Crippen MR) is 74.8 cm³/mol. The van der Waals surface area contributed by atoms with Gasteiger partial charge in [-0.2, -0.15) is 0 Å². The van der Waals surface area contributed by atoms with Crippen molar-refractivity contribution >= 4 is 0 Å². The van der Waals surface area contributed by atoms with Crippen molar-refractivity contribution in [3.8, 4) is 5.75 Å². The molecule has 1 rings (SSSR count). The normalized spacial score (nSPS) is 11.9. The molecule has 0 aliphatic heterocycles. The first-order chi connectivity index (χ1) is 8.37. The molecule has 0 heterocycles. The van der Waals surface area contributed by atoms with Gasteiger partial charge in [0.15, 0.2) is 0 Å². The molecule has 0 aliphatic carbocycles. The molecule has 0 aliphatic rings. The third kappa shape index (κ3) is 6.62. The molecule has 0 saturated heterocycles. The first-order valence-electron chi connectivity index (χ1n) is 6.51. The Morgan fingerprint density at radius 1 is 1.33 bits per heavy atom. The van der Waals surface area contributed by atoms with E-state index in [1.54, 1.807) is 13.8 Å². The fourth-order valence-electron chi connectivity index (χ4n) is 1.51. The lowest BCUT2D eigenvalue weighted by atomic mass is 10.1. The Morgan fingerprint density at radius 2 is 2.06 bits per heavy atom. The maximum absolute atomic E-state index is 9.61. The van der Waals surface area contributed by atoms with Crippen LogP contribution >= 0.6 is 0 Å². The molecule has 0 fully saturated rings. The maximum Gasteiger partial charge on any atom is 0.119 e. The molecule has 0 bridgehead atoms. The summed E-state index contributed by atoms with van der Waals surface area (Å²) in [7, 11) is 0. The van der Waals surface area contributed by atoms with Crippen LogP contribution in [0.4, 0.5) is 0 Å². The maximum atomic E-state index is 9.61. The summed E-state index contributed by atoms with van der Waals surface area (Å²) in [5, 5.41) is 13.0. The quantitative estimate of drug-likeness (QED) is 0.782. The Morgan fingerprint density at radius 3 is 2.67 bits per heavy atom. The number of ether oxygens (including phenoxy) is 1. The van der Waals surface area contributed by atoms with Crippen LogP contribution in [0.2, 0.25) is 0 Å². The van der Waals surface area contributed by atoms with E-state index in [0.717, 1.165) is 18.8 Å². The van der Waals surface area contributed by atoms with Gasteiger partial charge in [0.1, 0.15) is 12.4 Å². The highest BCUT2D eigenvalue weighted by Crippen LogP contribution is 2.15. The first-order valence-corrected chi connectivity index (χ1v) is 6.51. The fourth-order valence-corrected chi connectivity index (χ4v) is 1.51. The minimum Gasteiger partial charge on any atom is -0.491 e. The molecule has 0 amide bonds. The van der Waals surface area contributed by atoms with Crippen LogP contribution in [-0.4, -0.2) is 23.9 Å². The Labute approximate surface area is 110 Å². The van der Waals surface area contributed by atoms with E-state index in [0.29, 0.717) is 12.5 Å². The van der Waals surface area contributed by atoms with Crippen LogP contribution in [0.15, 0.2) is 24.3 Å². The van der Waals surface area contributed by atoms with Gasteiger partial charge in [0.2, 0.25) is 0 Å². The van der Waals surface area contributed by atoms with Crippen LogP contribution in [0.5, 0.6) is 5.75 Å². The average Bonchev–Trinajstić information content (AvgIpc) is 2.26. The molecular formula is C15H25NO2. The summed E-state index contributed by atoms with van der Waals surface area (Å²) in [6.45, 7) is 10.0. The van der Waals surface area contributed by atoms with E-state index in [-0.39, 0.29) is 0 Å². The van der Waals surface area contributed by atoms with E-state index in [1.807, 2.05) is 18.2 Å². The molecule has 0 unspecified atom stereocenters. The van der Waals surface area contributed by atoms with Gasteiger partial charge in [0, 0.05) is 6.54 Å². The van der Waals surface area contributed by atoms with Crippen LogP contribution < -0.4 is 10.1 Å². The molecule has 1 aromatic rings. The summed E-state index contributed by atoms with van der Waals surface area (Å²) in [5.41, 5.74) is 0.398. The lowest BCUT2D eigenvalue weighted by molar-refractivity contribution is 0.0284. The second-order valence-electron chi connectivity index (χ2n) is 5.77. The number of benzene rings is 1. The Hall–Kier alpha value is -1.06. The molecule has 3 nitrogen and oxygen atoms in total. The highest BCUT2D eigenvalue weighted by molar-refractivity contribution is 5.28. The number of rotatable bonds is 7. The summed E-state index contributed by atoms with van der Waals surface area (Å²) in [6.07, 6.45) is 0. The number of nitrogens with one attached hydrogen (secondary N) is 1. The molecule has 3 heteroatoms. The molecule has 0 radical (unpaired) electrons. The molecular weight excluding hydrogens is 226 g/mol. The first kappa shape index (κ1) is 15.0. The van der Waals surface area contributed by atoms with E-state index in [4.69, 9.17) is 4.74 Å². The standard InChI is InChI=1S/C15H25NO2/c1-12(2)9-16-10-13-6-5-7-14(8-13)18-11-15(3,4)17/h5-8,12,16-17H,9-11H2,1-4H3. The van der Waals surface area contributed by atoms with Gasteiger partial charge in [-0.15, -0.1) is 0 Å². The third-order valence-corrected chi connectivity index (χ3v) is 2.37. The van der Waals surface area contributed by atoms with Crippen LogP contribution in [0, 0.1) is 5.92 Å². The molecule has 0 saturated carbocycles. The van der Waals surface area contributed by atoms with Gasteiger partial charge in [-0.1, -0.05) is 26.0 Å². The van der Waals surface area contributed by atoms with E-state index < -0.39 is 5.60 Å². The van der Waals surface area contributed by atoms with Crippen LogP contribution in [0.3, 0.4) is 0 Å². The zero-order valence-electron chi connectivity index (χ0n) is 11.9. The second kappa shape index (κ2) is 6.76. The van der Waals surface area contributed by atoms with Gasteiger partial charge in [-0.3, -0.25) is 0 Å². The predicted octanol–water partition coefficient (Wildman–Crippen LogP) is 2.58. The number of hydrogen-bond acceptors (Lipinski definition) is 3. The van der Waals surface area contributed by atoms with E-state index >= 15 is 0 Å². The van der Waals surface area contributed by atoms with Gasteiger partial charge in [-0.25, -0.2) is 0 Å². The number of hydrogen-bond donors (Lipinski definition) is 2. The lowest BCUT2D eigenvalue weighted by Crippen LogP contribution is -2.27. The average molecular weight is 251 g/mol. The largest absolute Gasteiger partial charge is 0.491 e. The van der Waals surface area contributed by atoms with Gasteiger partial charge >= 0.3 is 0 Å². The molecule has 0 atom stereocenters. The van der Waals surface area contributed by atoms with Crippen LogP contribution in [-0.2, 0) is 6.54 Å². The van der Waals surface area contributed by atoms with Gasteiger partial charge in [0.25, 0.3) is 0 Å². The van der Waals surface area contributed by atoms with Crippen molar-refractivity contribution in [1.29, 1.82) is 0 Å². The smallest absolute Gasteiger partial charge is 0.119 e. The molecule has 0 aromatic heterocycles. The molecule has 102 valence electrons. The monoisotopic (exact) mass is 251 g/mol. The Kier molecular flexibility index (Phi) is 5.63. The molecule has 1 aromatic carbocycles. The van der Waals surface area contributed by atoms with Gasteiger partial charge in [-0.05, 0) is 44.0 Å². The van der Waals surface area contributed by atoms with Crippen molar-refractivity contribution in [3.05, 3.63) is 29.8 Å². The lowest BCUT2D eigenvalue weighted by Gasteiger charge is -2.18. The fraction of sp³-hybridized carbons (Fsp3) is 0.600. The van der Waals surface area contributed by atoms with Crippen molar-refractivity contribution in [2.45, 2.75) is 39.8 Å². The summed E-state index contributed by atoms with van der Waals surface area (Å²) < 4.78 is 5.56. The van der Waals surface area contributed by atoms with Gasteiger partial charge < -0.3 is 15.2 Å². The molecule has 2 N–H and O–H groups in total. The summed E-state index contributed by atoms with van der Waals surface area (Å²) in [6, 6.07) is 7.98. The van der Waals surface area contributed by atoms with E-state index in [9.17, 15) is 5.11 Å². The van der Waals surface area contributed by atoms with Crippen molar-refractivity contribution < 1.29 is 9.84 Å². The highest BCUT2D eigenvalue weighted by Gasteiger charge is 2.13. The molecule has 0 spiro atoms. The van der Waals surface area contributed by atoms with Crippen LogP contribution in [0.1, 0.15) is 33.3 Å². The summed E-state index contributed by atoms with van der Waals surface area (Å²) in [4.78, 5) is 0. The second-order valence-corrected chi connectivity index (χ2v) is 5.77. The minimum absolute atomic E-state index is 0.301. The highest BCUT2D eigenvalue weighted by atomic mass is 16.5. The van der Waals surface area contributed by atoms with Crippen molar-refractivity contribution in [3.63, 3.8) is 0 Å². The Bertz CT molecular complexity index is 356. The van der Waals surface area contributed by atoms with Crippen molar-refractivity contribution in [2.75, 3.05) is 13.2 Å². The van der Waals surface area contributed by atoms with Crippen LogP contribution in [0.25, 0.3) is 0 Å². The summed E-state index contributed by atoms with van der Waals surface area (Å²) >= 11 is 0. The van der Waals surface area contributed by atoms with E-state index in [1.165, 1.54) is 5.56 Å². The van der Waals surface area contributed by atoms with E-state index in [2.05, 4.69) is 25.2 Å².